The van der Waals surface area contributed by atoms with Crippen molar-refractivity contribution >= 4 is 0 Å². The quantitative estimate of drug-likeness (QED) is 0.162. The van der Waals surface area contributed by atoms with Crippen molar-refractivity contribution in [3.63, 3.8) is 0 Å². The van der Waals surface area contributed by atoms with Gasteiger partial charge in [-0.05, 0) is 182 Å². The van der Waals surface area contributed by atoms with Crippen LogP contribution in [-0.4, -0.2) is 0 Å². The van der Waals surface area contributed by atoms with Gasteiger partial charge >= 0.3 is 0 Å². The Hall–Kier alpha value is -8.58. The Morgan fingerprint density at radius 1 is 0.197 bits per heavy atom. The molecule has 6 aliphatic carbocycles. The average molecular weight is 897 g/mol. The van der Waals surface area contributed by atoms with Crippen LogP contribution in [0, 0.1) is 0 Å². The molecule has 6 aliphatic rings. The lowest BCUT2D eigenvalue weighted by molar-refractivity contribution is 0.564. The number of rotatable bonds is 2. The summed E-state index contributed by atoms with van der Waals surface area (Å²) in [5.74, 6) is 0. The van der Waals surface area contributed by atoms with E-state index in [4.69, 9.17) is 0 Å². The zero-order valence-electron chi connectivity index (χ0n) is 39.0. The first-order chi connectivity index (χ1) is 35.2. The van der Waals surface area contributed by atoms with E-state index in [1.54, 1.807) is 0 Å². The van der Waals surface area contributed by atoms with E-state index in [9.17, 15) is 0 Å². The van der Waals surface area contributed by atoms with Crippen molar-refractivity contribution in [3.05, 3.63) is 309 Å². The molecule has 0 fully saturated rings. The molecule has 0 heterocycles. The van der Waals surface area contributed by atoms with Crippen LogP contribution in [0.15, 0.2) is 243 Å². The molecule has 0 saturated carbocycles. The molecule has 328 valence electrons. The molecule has 0 atom stereocenters. The lowest BCUT2D eigenvalue weighted by Gasteiger charge is -2.31. The smallest absolute Gasteiger partial charge is 0.0620 e. The van der Waals surface area contributed by atoms with Crippen molar-refractivity contribution in [2.45, 2.75) is 29.1 Å². The Kier molecular flexibility index (Phi) is 7.22. The van der Waals surface area contributed by atoms with Crippen LogP contribution in [0.2, 0.25) is 0 Å². The van der Waals surface area contributed by atoms with Crippen LogP contribution in [0.5, 0.6) is 0 Å². The molecular formula is C71H44. The van der Waals surface area contributed by atoms with Gasteiger partial charge in [0.15, 0.2) is 0 Å². The van der Waals surface area contributed by atoms with E-state index < -0.39 is 0 Å². The molecule has 0 saturated heterocycles. The van der Waals surface area contributed by atoms with Gasteiger partial charge in [0.25, 0.3) is 0 Å². The Morgan fingerprint density at radius 2 is 0.423 bits per heavy atom. The van der Waals surface area contributed by atoms with Gasteiger partial charge in [-0.25, -0.2) is 0 Å². The van der Waals surface area contributed by atoms with E-state index in [-0.39, 0.29) is 16.2 Å². The van der Waals surface area contributed by atoms with Crippen molar-refractivity contribution < 1.29 is 0 Å². The van der Waals surface area contributed by atoms with Crippen molar-refractivity contribution in [2.75, 3.05) is 0 Å². The fourth-order valence-electron chi connectivity index (χ4n) is 15.4. The summed E-state index contributed by atoms with van der Waals surface area (Å²) in [4.78, 5) is 0. The highest BCUT2D eigenvalue weighted by molar-refractivity contribution is 5.98. The summed E-state index contributed by atoms with van der Waals surface area (Å²) in [6, 6.07) is 93.6. The van der Waals surface area contributed by atoms with Crippen molar-refractivity contribution in [1.82, 2.24) is 0 Å². The Labute approximate surface area is 414 Å². The van der Waals surface area contributed by atoms with Crippen LogP contribution in [0.4, 0.5) is 0 Å². The summed E-state index contributed by atoms with van der Waals surface area (Å²) in [7, 11) is 0. The summed E-state index contributed by atoms with van der Waals surface area (Å²) in [6.07, 6.45) is 1.98. The third-order valence-electron chi connectivity index (χ3n) is 18.1. The highest BCUT2D eigenvalue weighted by Gasteiger charge is 2.54. The van der Waals surface area contributed by atoms with Gasteiger partial charge in [0.05, 0.1) is 10.8 Å². The van der Waals surface area contributed by atoms with Gasteiger partial charge in [-0.3, -0.25) is 0 Å². The van der Waals surface area contributed by atoms with E-state index >= 15 is 0 Å². The first kappa shape index (κ1) is 38.3. The SMILES string of the molecule is c1ccc2c(c1)CC1(C2)c2cc(-c3ccc4c(c3)C3(c5ccccc5-c5ccccc53)c3ccccc3-4)ccc2-c2ccc(-c3ccc4c(c3)C3(c5ccccc5-c5ccccc53)c3ccccc3-4)cc21. The summed E-state index contributed by atoms with van der Waals surface area (Å²) in [5, 5.41) is 0. The summed E-state index contributed by atoms with van der Waals surface area (Å²) in [6.45, 7) is 0. The highest BCUT2D eigenvalue weighted by atomic mass is 14.5. The van der Waals surface area contributed by atoms with Gasteiger partial charge in [-0.2, -0.15) is 0 Å². The average Bonchev–Trinajstić information content (AvgIpc) is 4.26. The maximum atomic E-state index is 2.58. The monoisotopic (exact) mass is 896 g/mol. The van der Waals surface area contributed by atoms with Gasteiger partial charge in [0, 0.05) is 5.41 Å². The van der Waals surface area contributed by atoms with Crippen LogP contribution >= 0.6 is 0 Å². The summed E-state index contributed by atoms with van der Waals surface area (Å²) in [5.41, 5.74) is 34.5. The maximum Gasteiger partial charge on any atom is 0.0725 e. The topological polar surface area (TPSA) is 0 Å². The first-order valence-corrected chi connectivity index (χ1v) is 25.4. The predicted octanol–water partition coefficient (Wildman–Crippen LogP) is 16.8. The fourth-order valence-corrected chi connectivity index (χ4v) is 15.4. The molecule has 0 radical (unpaired) electrons. The first-order valence-electron chi connectivity index (χ1n) is 25.4. The molecule has 0 aromatic heterocycles. The molecule has 17 rings (SSSR count). The van der Waals surface area contributed by atoms with Crippen LogP contribution < -0.4 is 0 Å². The molecule has 71 heavy (non-hydrogen) atoms. The van der Waals surface area contributed by atoms with Crippen LogP contribution in [0.1, 0.15) is 66.8 Å². The Bertz CT molecular complexity index is 3800. The van der Waals surface area contributed by atoms with Gasteiger partial charge in [0.1, 0.15) is 0 Å². The molecule has 0 bridgehead atoms. The number of benzene rings is 11. The molecule has 0 unspecified atom stereocenters. The molecule has 0 nitrogen and oxygen atoms in total. The summed E-state index contributed by atoms with van der Waals surface area (Å²) >= 11 is 0. The third kappa shape index (κ3) is 4.55. The number of hydrogen-bond donors (Lipinski definition) is 0. The minimum absolute atomic E-state index is 0.185. The van der Waals surface area contributed by atoms with Gasteiger partial charge < -0.3 is 0 Å². The summed E-state index contributed by atoms with van der Waals surface area (Å²) < 4.78 is 0. The van der Waals surface area contributed by atoms with Crippen molar-refractivity contribution in [2.24, 2.45) is 0 Å². The van der Waals surface area contributed by atoms with Gasteiger partial charge in [0.2, 0.25) is 0 Å². The maximum absolute atomic E-state index is 2.58. The van der Waals surface area contributed by atoms with Gasteiger partial charge in [-0.15, -0.1) is 0 Å². The molecule has 0 amide bonds. The standard InChI is InChI=1S/C71H44/c1-2-16-48-42-69(41-47(48)15-1)65-37-43(45-31-35-57-53-21-7-13-27-63(53)70(67(57)39-45)59-23-9-3-17-49(59)50-18-4-10-24-60(50)70)29-33-55(65)56-34-30-44(38-66(56)69)46-32-36-58-54-22-8-14-28-64(54)71(68(58)40-46)61-25-11-5-19-51(61)52-20-6-12-26-62(52)71/h1-40H,41-42H2. The molecule has 0 N–H and O–H groups in total. The van der Waals surface area contributed by atoms with E-state index in [0.717, 1.165) is 12.8 Å². The van der Waals surface area contributed by atoms with Crippen LogP contribution in [0.25, 0.3) is 77.9 Å². The second-order valence-corrected chi connectivity index (χ2v) is 21.0. The van der Waals surface area contributed by atoms with Crippen LogP contribution in [0.3, 0.4) is 0 Å². The Balaban J connectivity index is 0.834. The molecule has 11 aromatic rings. The lowest BCUT2D eigenvalue weighted by Crippen LogP contribution is -2.26. The predicted molar refractivity (Wildman–Crippen MR) is 290 cm³/mol. The molecule has 0 heteroatoms. The van der Waals surface area contributed by atoms with Crippen LogP contribution in [-0.2, 0) is 29.1 Å². The van der Waals surface area contributed by atoms with E-state index in [1.807, 2.05) is 0 Å². The molecule has 0 aliphatic heterocycles. The molecular weight excluding hydrogens is 853 g/mol. The normalized spacial score (nSPS) is 15.8. The molecule has 3 spiro atoms. The van der Waals surface area contributed by atoms with Gasteiger partial charge in [-0.1, -0.05) is 218 Å². The Morgan fingerprint density at radius 3 is 0.718 bits per heavy atom. The fraction of sp³-hybridized carbons (Fsp3) is 0.0704. The molecule has 11 aromatic carbocycles. The third-order valence-corrected chi connectivity index (χ3v) is 18.1. The minimum Gasteiger partial charge on any atom is -0.0620 e. The zero-order valence-corrected chi connectivity index (χ0v) is 39.0. The largest absolute Gasteiger partial charge is 0.0725 e. The second-order valence-electron chi connectivity index (χ2n) is 21.0. The van der Waals surface area contributed by atoms with E-state index in [1.165, 1.54) is 145 Å². The highest BCUT2D eigenvalue weighted by Crippen LogP contribution is 2.65. The van der Waals surface area contributed by atoms with E-state index in [0.29, 0.717) is 0 Å². The van der Waals surface area contributed by atoms with Crippen molar-refractivity contribution in [3.8, 4) is 77.9 Å². The minimum atomic E-state index is -0.378. The van der Waals surface area contributed by atoms with E-state index in [2.05, 4.69) is 243 Å². The van der Waals surface area contributed by atoms with Crippen molar-refractivity contribution in [1.29, 1.82) is 0 Å². The zero-order chi connectivity index (χ0) is 46.2. The lowest BCUT2D eigenvalue weighted by atomic mass is 9.70. The number of fused-ring (bicyclic) bond motifs is 26. The second kappa shape index (κ2) is 13.4. The number of hydrogen-bond acceptors (Lipinski definition) is 0.